The van der Waals surface area contributed by atoms with Crippen LogP contribution in [0.4, 0.5) is 5.82 Å². The molecule has 3 rings (SSSR count). The molecule has 1 amide bonds. The average molecular weight is 318 g/mol. The Kier molecular flexibility index (Phi) is 4.82. The van der Waals surface area contributed by atoms with E-state index in [1.54, 1.807) is 0 Å². The number of aromatic nitrogens is 1. The van der Waals surface area contributed by atoms with E-state index in [1.807, 2.05) is 24.8 Å². The fourth-order valence-corrected chi connectivity index (χ4v) is 3.25. The number of carbonyl (C=O) groups excluding carboxylic acids is 1. The first kappa shape index (κ1) is 16.2. The summed E-state index contributed by atoms with van der Waals surface area (Å²) in [4.78, 5) is 24.2. The number of anilines is 1. The molecule has 3 heterocycles. The van der Waals surface area contributed by atoms with Crippen LogP contribution in [-0.4, -0.2) is 80.2 Å². The van der Waals surface area contributed by atoms with Crippen molar-refractivity contribution in [2.75, 3.05) is 64.4 Å². The molecule has 6 heteroatoms. The van der Waals surface area contributed by atoms with Crippen LogP contribution in [0.5, 0.6) is 0 Å². The normalized spacial score (nSPS) is 20.0. The maximum atomic E-state index is 13.1. The maximum absolute atomic E-state index is 13.1. The quantitative estimate of drug-likeness (QED) is 0.812. The highest BCUT2D eigenvalue weighted by molar-refractivity contribution is 6.00. The minimum atomic E-state index is 0.0900. The number of amides is 1. The summed E-state index contributed by atoms with van der Waals surface area (Å²) in [5, 5.41) is 0. The maximum Gasteiger partial charge on any atom is 0.258 e. The number of morpholine rings is 1. The molecular formula is C17H26N4O2. The number of hydrogen-bond donors (Lipinski definition) is 0. The average Bonchev–Trinajstić information content (AvgIpc) is 2.55. The van der Waals surface area contributed by atoms with Crippen LogP contribution in [0, 0.1) is 13.8 Å². The van der Waals surface area contributed by atoms with E-state index >= 15 is 0 Å². The number of likely N-dealkylation sites (N-methyl/N-ethyl adjacent to an activating group) is 1. The first-order valence-electron chi connectivity index (χ1n) is 8.35. The summed E-state index contributed by atoms with van der Waals surface area (Å²) in [5.74, 6) is 0.944. The summed E-state index contributed by atoms with van der Waals surface area (Å²) in [6, 6.07) is 2.01. The first-order chi connectivity index (χ1) is 11.1. The lowest BCUT2D eigenvalue weighted by Crippen LogP contribution is -2.46. The van der Waals surface area contributed by atoms with Crippen LogP contribution in [0.2, 0.25) is 0 Å². The molecule has 0 N–H and O–H groups in total. The van der Waals surface area contributed by atoms with E-state index < -0.39 is 0 Å². The van der Waals surface area contributed by atoms with E-state index in [0.717, 1.165) is 48.8 Å². The lowest BCUT2D eigenvalue weighted by atomic mass is 10.1. The number of pyridine rings is 1. The highest BCUT2D eigenvalue weighted by atomic mass is 16.5. The monoisotopic (exact) mass is 318 g/mol. The Balaban J connectivity index is 1.93. The van der Waals surface area contributed by atoms with Crippen LogP contribution in [-0.2, 0) is 4.74 Å². The minimum absolute atomic E-state index is 0.0900. The van der Waals surface area contributed by atoms with Gasteiger partial charge in [0.15, 0.2) is 0 Å². The molecule has 6 nitrogen and oxygen atoms in total. The van der Waals surface area contributed by atoms with Gasteiger partial charge in [0.1, 0.15) is 5.82 Å². The summed E-state index contributed by atoms with van der Waals surface area (Å²) in [6.45, 7) is 10.4. The van der Waals surface area contributed by atoms with Crippen LogP contribution in [0.3, 0.4) is 0 Å². The Morgan fingerprint density at radius 2 is 1.74 bits per heavy atom. The lowest BCUT2D eigenvalue weighted by Gasteiger charge is -2.35. The zero-order chi connectivity index (χ0) is 16.4. The number of ether oxygens (including phenoxy) is 1. The van der Waals surface area contributed by atoms with Crippen LogP contribution in [0.25, 0.3) is 0 Å². The summed E-state index contributed by atoms with van der Waals surface area (Å²) in [6.07, 6.45) is 0. The molecule has 2 aliphatic heterocycles. The Hall–Kier alpha value is -1.66. The number of hydrogen-bond acceptors (Lipinski definition) is 5. The summed E-state index contributed by atoms with van der Waals surface area (Å²) < 4.78 is 5.37. The molecule has 0 atom stereocenters. The van der Waals surface area contributed by atoms with Crippen molar-refractivity contribution in [1.82, 2.24) is 14.8 Å². The molecule has 0 aliphatic carbocycles. The van der Waals surface area contributed by atoms with Crippen molar-refractivity contribution in [2.45, 2.75) is 13.8 Å². The number of nitrogens with zero attached hydrogens (tertiary/aromatic N) is 4. The Bertz CT molecular complexity index is 576. The molecule has 0 unspecified atom stereocenters. The lowest BCUT2D eigenvalue weighted by molar-refractivity contribution is 0.0302. The van der Waals surface area contributed by atoms with Crippen molar-refractivity contribution in [1.29, 1.82) is 0 Å². The summed E-state index contributed by atoms with van der Waals surface area (Å²) >= 11 is 0. The molecule has 23 heavy (non-hydrogen) atoms. The van der Waals surface area contributed by atoms with Gasteiger partial charge in [0.25, 0.3) is 5.91 Å². The predicted molar refractivity (Wildman–Crippen MR) is 90.1 cm³/mol. The minimum Gasteiger partial charge on any atom is -0.378 e. The van der Waals surface area contributed by atoms with E-state index in [0.29, 0.717) is 26.3 Å². The van der Waals surface area contributed by atoms with Gasteiger partial charge in [-0.3, -0.25) is 4.79 Å². The molecule has 2 fully saturated rings. The third kappa shape index (κ3) is 3.48. The Morgan fingerprint density at radius 3 is 2.39 bits per heavy atom. The largest absolute Gasteiger partial charge is 0.378 e. The zero-order valence-electron chi connectivity index (χ0n) is 14.3. The van der Waals surface area contributed by atoms with Gasteiger partial charge >= 0.3 is 0 Å². The second-order valence-electron chi connectivity index (χ2n) is 6.47. The topological polar surface area (TPSA) is 48.9 Å². The first-order valence-corrected chi connectivity index (χ1v) is 8.35. The fraction of sp³-hybridized carbons (Fsp3) is 0.647. The van der Waals surface area contributed by atoms with Crippen molar-refractivity contribution >= 4 is 11.7 Å². The number of carbonyl (C=O) groups is 1. The summed E-state index contributed by atoms with van der Waals surface area (Å²) in [7, 11) is 2.13. The van der Waals surface area contributed by atoms with Crippen molar-refractivity contribution < 1.29 is 9.53 Å². The molecular weight excluding hydrogens is 292 g/mol. The van der Waals surface area contributed by atoms with E-state index in [1.165, 1.54) is 0 Å². The van der Waals surface area contributed by atoms with Crippen LogP contribution < -0.4 is 4.90 Å². The van der Waals surface area contributed by atoms with E-state index in [-0.39, 0.29) is 5.91 Å². The van der Waals surface area contributed by atoms with Crippen molar-refractivity contribution in [2.24, 2.45) is 0 Å². The van der Waals surface area contributed by atoms with Crippen LogP contribution in [0.15, 0.2) is 6.07 Å². The standard InChI is InChI=1S/C17H26N4O2/c1-13-12-14(2)18-16(20-6-4-19(3)5-7-20)15(13)17(22)21-8-10-23-11-9-21/h12H,4-11H2,1-3H3. The van der Waals surface area contributed by atoms with Gasteiger partial charge in [0.2, 0.25) is 0 Å². The van der Waals surface area contributed by atoms with Gasteiger partial charge < -0.3 is 19.4 Å². The highest BCUT2D eigenvalue weighted by Gasteiger charge is 2.27. The number of aryl methyl sites for hydroxylation is 2. The SMILES string of the molecule is Cc1cc(C)c(C(=O)N2CCOCC2)c(N2CCN(C)CC2)n1. The van der Waals surface area contributed by atoms with Gasteiger partial charge in [-0.05, 0) is 32.5 Å². The highest BCUT2D eigenvalue weighted by Crippen LogP contribution is 2.25. The molecule has 2 saturated heterocycles. The Labute approximate surface area is 138 Å². The van der Waals surface area contributed by atoms with Gasteiger partial charge in [-0.2, -0.15) is 0 Å². The van der Waals surface area contributed by atoms with Gasteiger partial charge in [-0.1, -0.05) is 0 Å². The smallest absolute Gasteiger partial charge is 0.258 e. The molecule has 0 radical (unpaired) electrons. The molecule has 1 aromatic heterocycles. The van der Waals surface area contributed by atoms with E-state index in [4.69, 9.17) is 9.72 Å². The van der Waals surface area contributed by atoms with E-state index in [9.17, 15) is 4.79 Å². The second-order valence-corrected chi connectivity index (χ2v) is 6.47. The number of rotatable bonds is 2. The molecule has 0 bridgehead atoms. The molecule has 2 aliphatic rings. The fourth-order valence-electron chi connectivity index (χ4n) is 3.25. The van der Waals surface area contributed by atoms with Gasteiger partial charge in [-0.15, -0.1) is 0 Å². The van der Waals surface area contributed by atoms with Crippen molar-refractivity contribution in [3.63, 3.8) is 0 Å². The third-order valence-corrected chi connectivity index (χ3v) is 4.64. The molecule has 0 aromatic carbocycles. The van der Waals surface area contributed by atoms with E-state index in [2.05, 4.69) is 16.8 Å². The molecule has 0 saturated carbocycles. The number of piperazine rings is 1. The predicted octanol–water partition coefficient (Wildman–Crippen LogP) is 0.923. The van der Waals surface area contributed by atoms with Crippen LogP contribution in [0.1, 0.15) is 21.6 Å². The van der Waals surface area contributed by atoms with Crippen LogP contribution >= 0.6 is 0 Å². The van der Waals surface area contributed by atoms with Gasteiger partial charge in [-0.25, -0.2) is 4.98 Å². The molecule has 1 aromatic rings. The molecule has 0 spiro atoms. The zero-order valence-corrected chi connectivity index (χ0v) is 14.3. The van der Waals surface area contributed by atoms with Crippen molar-refractivity contribution in [3.8, 4) is 0 Å². The molecule has 126 valence electrons. The Morgan fingerprint density at radius 1 is 1.09 bits per heavy atom. The van der Waals surface area contributed by atoms with Gasteiger partial charge in [0, 0.05) is 45.0 Å². The van der Waals surface area contributed by atoms with Crippen molar-refractivity contribution in [3.05, 3.63) is 22.9 Å². The second kappa shape index (κ2) is 6.84. The third-order valence-electron chi connectivity index (χ3n) is 4.64. The summed E-state index contributed by atoms with van der Waals surface area (Å²) in [5.41, 5.74) is 2.75. The van der Waals surface area contributed by atoms with Gasteiger partial charge in [0.05, 0.1) is 18.8 Å².